The van der Waals surface area contributed by atoms with E-state index in [0.29, 0.717) is 11.3 Å². The molecule has 2 aromatic rings. The Bertz CT molecular complexity index is 694. The number of halogens is 1. The van der Waals surface area contributed by atoms with Crippen LogP contribution in [0.4, 0.5) is 5.69 Å². The van der Waals surface area contributed by atoms with Crippen molar-refractivity contribution in [3.05, 3.63) is 58.1 Å². The largest absolute Gasteiger partial charge is 0.280 e. The molecular weight excluding hydrogens is 326 g/mol. The predicted molar refractivity (Wildman–Crippen MR) is 80.9 cm³/mol. The summed E-state index contributed by atoms with van der Waals surface area (Å²) in [7, 11) is -3.56. The van der Waals surface area contributed by atoms with Gasteiger partial charge in [-0.05, 0) is 43.7 Å². The predicted octanol–water partition coefficient (Wildman–Crippen LogP) is 3.87. The van der Waals surface area contributed by atoms with Gasteiger partial charge in [-0.1, -0.05) is 39.7 Å². The normalized spacial score (nSPS) is 11.3. The summed E-state index contributed by atoms with van der Waals surface area (Å²) in [6, 6.07) is 12.4. The van der Waals surface area contributed by atoms with Crippen molar-refractivity contribution in [3.63, 3.8) is 0 Å². The number of nitrogens with one attached hydrogen (secondary N) is 1. The molecule has 0 heterocycles. The van der Waals surface area contributed by atoms with Gasteiger partial charge in [-0.15, -0.1) is 0 Å². The minimum Gasteiger partial charge on any atom is -0.280 e. The van der Waals surface area contributed by atoms with Crippen LogP contribution in [-0.2, 0) is 10.0 Å². The number of aryl methyl sites for hydroxylation is 2. The van der Waals surface area contributed by atoms with Gasteiger partial charge in [-0.3, -0.25) is 4.72 Å². The van der Waals surface area contributed by atoms with E-state index in [1.807, 2.05) is 25.1 Å². The topological polar surface area (TPSA) is 46.2 Å². The van der Waals surface area contributed by atoms with Crippen LogP contribution in [0, 0.1) is 13.8 Å². The van der Waals surface area contributed by atoms with Crippen molar-refractivity contribution in [1.29, 1.82) is 0 Å². The summed E-state index contributed by atoms with van der Waals surface area (Å²) in [5, 5.41) is 0. The standard InChI is InChI=1S/C14H14BrNO2S/c1-10-3-7-13(8-4-10)16-19(17,18)14-9-12(15)6-5-11(14)2/h3-9,16H,1-2H3. The van der Waals surface area contributed by atoms with Crippen LogP contribution in [0.15, 0.2) is 51.8 Å². The second kappa shape index (κ2) is 5.35. The van der Waals surface area contributed by atoms with Crippen LogP contribution in [0.25, 0.3) is 0 Å². The summed E-state index contributed by atoms with van der Waals surface area (Å²) >= 11 is 3.29. The summed E-state index contributed by atoms with van der Waals surface area (Å²) in [5.41, 5.74) is 2.36. The van der Waals surface area contributed by atoms with Crippen molar-refractivity contribution in [2.45, 2.75) is 18.7 Å². The van der Waals surface area contributed by atoms with Gasteiger partial charge in [0.2, 0.25) is 0 Å². The molecule has 0 saturated heterocycles. The van der Waals surface area contributed by atoms with Gasteiger partial charge in [-0.25, -0.2) is 8.42 Å². The molecule has 2 aromatic carbocycles. The molecule has 0 aliphatic heterocycles. The molecule has 0 saturated carbocycles. The highest BCUT2D eigenvalue weighted by Gasteiger charge is 2.17. The zero-order valence-corrected chi connectivity index (χ0v) is 13.0. The smallest absolute Gasteiger partial charge is 0.262 e. The number of sulfonamides is 1. The molecule has 1 N–H and O–H groups in total. The lowest BCUT2D eigenvalue weighted by Crippen LogP contribution is -2.14. The molecule has 0 atom stereocenters. The third kappa shape index (κ3) is 3.36. The molecular formula is C14H14BrNO2S. The first-order valence-electron chi connectivity index (χ1n) is 5.74. The first-order valence-corrected chi connectivity index (χ1v) is 8.02. The molecule has 100 valence electrons. The molecule has 2 rings (SSSR count). The maximum absolute atomic E-state index is 12.3. The summed E-state index contributed by atoms with van der Waals surface area (Å²) in [6.07, 6.45) is 0. The summed E-state index contributed by atoms with van der Waals surface area (Å²) in [5.74, 6) is 0. The molecule has 0 radical (unpaired) electrons. The van der Waals surface area contributed by atoms with Crippen molar-refractivity contribution >= 4 is 31.6 Å². The Labute approximate surface area is 121 Å². The Morgan fingerprint density at radius 3 is 2.26 bits per heavy atom. The van der Waals surface area contributed by atoms with Crippen LogP contribution in [-0.4, -0.2) is 8.42 Å². The Balaban J connectivity index is 2.37. The van der Waals surface area contributed by atoms with Gasteiger partial charge < -0.3 is 0 Å². The molecule has 5 heteroatoms. The van der Waals surface area contributed by atoms with Gasteiger partial charge in [-0.2, -0.15) is 0 Å². The zero-order chi connectivity index (χ0) is 14.0. The van der Waals surface area contributed by atoms with Gasteiger partial charge in [0.1, 0.15) is 0 Å². The number of hydrogen-bond donors (Lipinski definition) is 1. The van der Waals surface area contributed by atoms with Crippen LogP contribution in [0.1, 0.15) is 11.1 Å². The van der Waals surface area contributed by atoms with E-state index in [9.17, 15) is 8.42 Å². The van der Waals surface area contributed by atoms with Crippen LogP contribution in [0.2, 0.25) is 0 Å². The molecule has 0 aromatic heterocycles. The summed E-state index contributed by atoms with van der Waals surface area (Å²) in [6.45, 7) is 3.73. The third-order valence-corrected chi connectivity index (χ3v) is 4.76. The number of anilines is 1. The lowest BCUT2D eigenvalue weighted by atomic mass is 10.2. The van der Waals surface area contributed by atoms with Crippen molar-refractivity contribution in [3.8, 4) is 0 Å². The fourth-order valence-electron chi connectivity index (χ4n) is 1.70. The Hall–Kier alpha value is -1.33. The molecule has 0 spiro atoms. The Morgan fingerprint density at radius 2 is 1.63 bits per heavy atom. The molecule has 19 heavy (non-hydrogen) atoms. The van der Waals surface area contributed by atoms with Crippen molar-refractivity contribution < 1.29 is 8.42 Å². The van der Waals surface area contributed by atoms with E-state index in [1.54, 1.807) is 31.2 Å². The van der Waals surface area contributed by atoms with Crippen molar-refractivity contribution in [2.24, 2.45) is 0 Å². The van der Waals surface area contributed by atoms with Crippen molar-refractivity contribution in [1.82, 2.24) is 0 Å². The lowest BCUT2D eigenvalue weighted by molar-refractivity contribution is 0.600. The van der Waals surface area contributed by atoms with Crippen LogP contribution in [0.3, 0.4) is 0 Å². The highest BCUT2D eigenvalue weighted by molar-refractivity contribution is 9.10. The minimum atomic E-state index is -3.56. The van der Waals surface area contributed by atoms with E-state index in [-0.39, 0.29) is 4.90 Å². The second-order valence-corrected chi connectivity index (χ2v) is 6.95. The maximum atomic E-state index is 12.3. The van der Waals surface area contributed by atoms with Crippen LogP contribution >= 0.6 is 15.9 Å². The lowest BCUT2D eigenvalue weighted by Gasteiger charge is -2.11. The molecule has 0 aliphatic carbocycles. The van der Waals surface area contributed by atoms with E-state index in [0.717, 1.165) is 10.0 Å². The van der Waals surface area contributed by atoms with Crippen LogP contribution < -0.4 is 4.72 Å². The first kappa shape index (κ1) is 14.1. The van der Waals surface area contributed by atoms with E-state index in [4.69, 9.17) is 0 Å². The average Bonchev–Trinajstić information content (AvgIpc) is 2.35. The monoisotopic (exact) mass is 339 g/mol. The highest BCUT2D eigenvalue weighted by atomic mass is 79.9. The fourth-order valence-corrected chi connectivity index (χ4v) is 3.54. The van der Waals surface area contributed by atoms with Gasteiger partial charge in [0.05, 0.1) is 4.90 Å². The number of benzene rings is 2. The van der Waals surface area contributed by atoms with Gasteiger partial charge in [0, 0.05) is 10.2 Å². The van der Waals surface area contributed by atoms with Crippen molar-refractivity contribution in [2.75, 3.05) is 4.72 Å². The maximum Gasteiger partial charge on any atom is 0.262 e. The Morgan fingerprint density at radius 1 is 1.00 bits per heavy atom. The quantitative estimate of drug-likeness (QED) is 0.922. The van der Waals surface area contributed by atoms with E-state index >= 15 is 0 Å². The molecule has 0 aliphatic rings. The second-order valence-electron chi connectivity index (χ2n) is 4.38. The van der Waals surface area contributed by atoms with E-state index < -0.39 is 10.0 Å². The number of rotatable bonds is 3. The first-order chi connectivity index (χ1) is 8.88. The van der Waals surface area contributed by atoms with E-state index in [1.165, 1.54) is 0 Å². The molecule has 0 unspecified atom stereocenters. The highest BCUT2D eigenvalue weighted by Crippen LogP contribution is 2.23. The summed E-state index contributed by atoms with van der Waals surface area (Å²) < 4.78 is 28.0. The minimum absolute atomic E-state index is 0.280. The third-order valence-electron chi connectivity index (χ3n) is 2.74. The van der Waals surface area contributed by atoms with Gasteiger partial charge >= 0.3 is 0 Å². The van der Waals surface area contributed by atoms with Crippen LogP contribution in [0.5, 0.6) is 0 Å². The van der Waals surface area contributed by atoms with Gasteiger partial charge in [0.15, 0.2) is 0 Å². The average molecular weight is 340 g/mol. The molecule has 3 nitrogen and oxygen atoms in total. The Kier molecular flexibility index (Phi) is 3.96. The summed E-state index contributed by atoms with van der Waals surface area (Å²) in [4.78, 5) is 0.280. The molecule has 0 bridgehead atoms. The van der Waals surface area contributed by atoms with E-state index in [2.05, 4.69) is 20.7 Å². The SMILES string of the molecule is Cc1ccc(NS(=O)(=O)c2cc(Br)ccc2C)cc1. The molecule has 0 fully saturated rings. The zero-order valence-electron chi connectivity index (χ0n) is 10.6. The number of hydrogen-bond acceptors (Lipinski definition) is 2. The molecule has 0 amide bonds. The fraction of sp³-hybridized carbons (Fsp3) is 0.143. The van der Waals surface area contributed by atoms with Gasteiger partial charge in [0.25, 0.3) is 10.0 Å².